The molecule has 0 saturated carbocycles. The summed E-state index contributed by atoms with van der Waals surface area (Å²) in [5.41, 5.74) is 2.97. The number of fused-ring (bicyclic) bond motifs is 1. The number of benzene rings is 2. The van der Waals surface area contributed by atoms with Gasteiger partial charge >= 0.3 is 0 Å². The van der Waals surface area contributed by atoms with Gasteiger partial charge in [-0.05, 0) is 19.9 Å². The number of aromatic nitrogens is 2. The monoisotopic (exact) mass is 368 g/mol. The van der Waals surface area contributed by atoms with Gasteiger partial charge in [-0.15, -0.1) is 0 Å². The van der Waals surface area contributed by atoms with E-state index in [9.17, 15) is 4.79 Å². The highest BCUT2D eigenvalue weighted by Gasteiger charge is 2.14. The number of methoxy groups -OCH3 is 2. The van der Waals surface area contributed by atoms with Crippen molar-refractivity contribution < 1.29 is 14.4 Å². The van der Waals surface area contributed by atoms with Gasteiger partial charge in [0, 0.05) is 11.6 Å². The molecule has 2 N–H and O–H groups in total. The van der Waals surface area contributed by atoms with Crippen molar-refractivity contribution in [2.45, 2.75) is 26.9 Å². The molecule has 0 fully saturated rings. The van der Waals surface area contributed by atoms with Crippen LogP contribution in [0, 0.1) is 6.92 Å². The van der Waals surface area contributed by atoms with Crippen LogP contribution in [0.15, 0.2) is 41.2 Å². The van der Waals surface area contributed by atoms with Gasteiger partial charge < -0.3 is 19.4 Å². The van der Waals surface area contributed by atoms with Crippen molar-refractivity contribution in [3.8, 4) is 11.5 Å². The molecule has 1 heterocycles. The summed E-state index contributed by atoms with van der Waals surface area (Å²) in [6, 6.07) is 11.9. The van der Waals surface area contributed by atoms with Crippen LogP contribution in [-0.4, -0.2) is 30.7 Å². The Hall–Kier alpha value is -2.86. The van der Waals surface area contributed by atoms with Gasteiger partial charge in [0.25, 0.3) is 5.56 Å². The number of hydrogen-bond acceptors (Lipinski definition) is 4. The maximum atomic E-state index is 12.5. The van der Waals surface area contributed by atoms with Crippen molar-refractivity contribution in [2.24, 2.45) is 0 Å². The highest BCUT2D eigenvalue weighted by Crippen LogP contribution is 2.29. The Labute approximate surface area is 158 Å². The summed E-state index contributed by atoms with van der Waals surface area (Å²) in [5.74, 6) is 1.75. The SMILES string of the molecule is CC[NH+](Cc1cccc(C)c1)Cc1nc2cc(OC)c(OC)cc2c(=O)[nH]1. The Balaban J connectivity index is 1.90. The lowest BCUT2D eigenvalue weighted by Crippen LogP contribution is -3.09. The lowest BCUT2D eigenvalue weighted by atomic mass is 10.1. The zero-order valence-corrected chi connectivity index (χ0v) is 16.3. The topological polar surface area (TPSA) is 68.7 Å². The van der Waals surface area contributed by atoms with Gasteiger partial charge in [-0.1, -0.05) is 29.8 Å². The second-order valence-corrected chi connectivity index (χ2v) is 6.68. The van der Waals surface area contributed by atoms with E-state index < -0.39 is 0 Å². The number of quaternary nitrogens is 1. The summed E-state index contributed by atoms with van der Waals surface area (Å²) in [5, 5.41) is 0.494. The number of aryl methyl sites for hydroxylation is 1. The van der Waals surface area contributed by atoms with Crippen LogP contribution in [0.1, 0.15) is 23.9 Å². The summed E-state index contributed by atoms with van der Waals surface area (Å²) in [6.45, 7) is 6.69. The van der Waals surface area contributed by atoms with E-state index in [1.807, 2.05) is 0 Å². The Morgan fingerprint density at radius 3 is 2.48 bits per heavy atom. The Bertz CT molecular complexity index is 998. The maximum Gasteiger partial charge on any atom is 0.259 e. The molecule has 1 unspecified atom stereocenters. The summed E-state index contributed by atoms with van der Waals surface area (Å²) in [6.07, 6.45) is 0. The van der Waals surface area contributed by atoms with Crippen LogP contribution < -0.4 is 19.9 Å². The van der Waals surface area contributed by atoms with E-state index in [1.165, 1.54) is 16.0 Å². The third-order valence-corrected chi connectivity index (χ3v) is 4.71. The van der Waals surface area contributed by atoms with Gasteiger partial charge in [0.1, 0.15) is 13.1 Å². The minimum atomic E-state index is -0.165. The first-order valence-corrected chi connectivity index (χ1v) is 9.08. The standard InChI is InChI=1S/C21H25N3O3/c1-5-24(12-15-8-6-7-14(2)9-15)13-20-22-17-11-19(27-4)18(26-3)10-16(17)21(25)23-20/h6-11H,5,12-13H2,1-4H3,(H,22,23,25)/p+1. The molecule has 1 aromatic heterocycles. The first-order valence-electron chi connectivity index (χ1n) is 9.08. The number of rotatable bonds is 7. The van der Waals surface area contributed by atoms with Crippen molar-refractivity contribution in [1.29, 1.82) is 0 Å². The van der Waals surface area contributed by atoms with Crippen LogP contribution in [0.5, 0.6) is 11.5 Å². The van der Waals surface area contributed by atoms with E-state index in [0.29, 0.717) is 34.8 Å². The van der Waals surface area contributed by atoms with Crippen LogP contribution in [0.4, 0.5) is 0 Å². The molecule has 1 atom stereocenters. The van der Waals surface area contributed by atoms with Crippen molar-refractivity contribution >= 4 is 10.9 Å². The van der Waals surface area contributed by atoms with Crippen molar-refractivity contribution in [3.05, 3.63) is 63.7 Å². The summed E-state index contributed by atoms with van der Waals surface area (Å²) < 4.78 is 10.6. The van der Waals surface area contributed by atoms with Crippen LogP contribution in [0.25, 0.3) is 10.9 Å². The molecule has 142 valence electrons. The van der Waals surface area contributed by atoms with Gasteiger partial charge in [0.15, 0.2) is 17.3 Å². The van der Waals surface area contributed by atoms with Crippen LogP contribution in [0.3, 0.4) is 0 Å². The molecule has 3 rings (SSSR count). The fraction of sp³-hybridized carbons (Fsp3) is 0.333. The molecule has 3 aromatic rings. The molecule has 0 bridgehead atoms. The summed E-state index contributed by atoms with van der Waals surface area (Å²) >= 11 is 0. The fourth-order valence-corrected chi connectivity index (χ4v) is 3.26. The number of nitrogens with zero attached hydrogens (tertiary/aromatic N) is 1. The molecule has 0 aliphatic carbocycles. The van der Waals surface area contributed by atoms with Gasteiger partial charge in [-0.3, -0.25) is 4.79 Å². The Morgan fingerprint density at radius 1 is 1.07 bits per heavy atom. The Kier molecular flexibility index (Phi) is 5.76. The molecule has 0 saturated heterocycles. The van der Waals surface area contributed by atoms with E-state index in [0.717, 1.165) is 13.1 Å². The predicted octanol–water partition coefficient (Wildman–Crippen LogP) is 1.85. The molecule has 0 spiro atoms. The number of ether oxygens (including phenoxy) is 2. The third-order valence-electron chi connectivity index (χ3n) is 4.71. The normalized spacial score (nSPS) is 12.1. The summed E-state index contributed by atoms with van der Waals surface area (Å²) in [7, 11) is 3.12. The van der Waals surface area contributed by atoms with E-state index >= 15 is 0 Å². The molecule has 0 amide bonds. The summed E-state index contributed by atoms with van der Waals surface area (Å²) in [4.78, 5) is 21.4. The molecule has 6 nitrogen and oxygen atoms in total. The fourth-order valence-electron chi connectivity index (χ4n) is 3.26. The average molecular weight is 368 g/mol. The third kappa shape index (κ3) is 4.28. The number of aromatic amines is 1. The van der Waals surface area contributed by atoms with Crippen molar-refractivity contribution in [3.63, 3.8) is 0 Å². The lowest BCUT2D eigenvalue weighted by Gasteiger charge is -2.18. The van der Waals surface area contributed by atoms with E-state index in [2.05, 4.69) is 48.1 Å². The van der Waals surface area contributed by atoms with Gasteiger partial charge in [-0.2, -0.15) is 0 Å². The van der Waals surface area contributed by atoms with Gasteiger partial charge in [0.2, 0.25) is 0 Å². The van der Waals surface area contributed by atoms with Crippen LogP contribution in [-0.2, 0) is 13.1 Å². The minimum Gasteiger partial charge on any atom is -0.493 e. The quantitative estimate of drug-likeness (QED) is 0.668. The van der Waals surface area contributed by atoms with Crippen LogP contribution in [0.2, 0.25) is 0 Å². The minimum absolute atomic E-state index is 0.165. The average Bonchev–Trinajstić information content (AvgIpc) is 2.66. The molecular formula is C21H26N3O3+. The highest BCUT2D eigenvalue weighted by atomic mass is 16.5. The second kappa shape index (κ2) is 8.22. The molecule has 0 radical (unpaired) electrons. The number of nitrogens with one attached hydrogen (secondary N) is 2. The molecular weight excluding hydrogens is 342 g/mol. The van der Waals surface area contributed by atoms with Crippen molar-refractivity contribution in [2.75, 3.05) is 20.8 Å². The van der Waals surface area contributed by atoms with Crippen molar-refractivity contribution in [1.82, 2.24) is 9.97 Å². The van der Waals surface area contributed by atoms with Crippen LogP contribution >= 0.6 is 0 Å². The first-order chi connectivity index (χ1) is 13.0. The Morgan fingerprint density at radius 2 is 1.81 bits per heavy atom. The molecule has 27 heavy (non-hydrogen) atoms. The largest absolute Gasteiger partial charge is 0.493 e. The van der Waals surface area contributed by atoms with Gasteiger partial charge in [-0.25, -0.2) is 4.98 Å². The molecule has 6 heteroatoms. The highest BCUT2D eigenvalue weighted by molar-refractivity contribution is 5.81. The van der Waals surface area contributed by atoms with E-state index in [-0.39, 0.29) is 5.56 Å². The van der Waals surface area contributed by atoms with E-state index in [4.69, 9.17) is 9.47 Å². The first kappa shape index (κ1) is 18.9. The maximum absolute atomic E-state index is 12.5. The van der Waals surface area contributed by atoms with E-state index in [1.54, 1.807) is 26.4 Å². The lowest BCUT2D eigenvalue weighted by molar-refractivity contribution is -0.926. The number of H-pyrrole nitrogens is 1. The molecule has 0 aliphatic heterocycles. The smallest absolute Gasteiger partial charge is 0.259 e. The zero-order chi connectivity index (χ0) is 19.4. The zero-order valence-electron chi connectivity index (χ0n) is 16.3. The second-order valence-electron chi connectivity index (χ2n) is 6.68. The molecule has 0 aliphatic rings. The predicted molar refractivity (Wildman–Crippen MR) is 106 cm³/mol. The number of hydrogen-bond donors (Lipinski definition) is 2. The molecule has 2 aromatic carbocycles. The van der Waals surface area contributed by atoms with Gasteiger partial charge in [0.05, 0.1) is 31.7 Å².